The summed E-state index contributed by atoms with van der Waals surface area (Å²) < 4.78 is 10.5. The summed E-state index contributed by atoms with van der Waals surface area (Å²) in [5.74, 6) is 2.04. The van der Waals surface area contributed by atoms with Crippen LogP contribution in [0.5, 0.6) is 0 Å². The van der Waals surface area contributed by atoms with E-state index in [0.717, 1.165) is 36.4 Å². The van der Waals surface area contributed by atoms with Gasteiger partial charge in [0.05, 0.1) is 11.8 Å². The Morgan fingerprint density at radius 2 is 2.00 bits per heavy atom. The Balaban J connectivity index is 1.50. The molecule has 0 atom stereocenters. The molecule has 0 spiro atoms. The van der Waals surface area contributed by atoms with Crippen molar-refractivity contribution in [2.24, 2.45) is 0 Å². The van der Waals surface area contributed by atoms with Gasteiger partial charge in [-0.3, -0.25) is 0 Å². The van der Waals surface area contributed by atoms with E-state index in [1.807, 2.05) is 43.3 Å². The Hall–Kier alpha value is -2.56. The average molecular weight is 283 g/mol. The van der Waals surface area contributed by atoms with Gasteiger partial charge in [-0.2, -0.15) is 4.98 Å². The van der Waals surface area contributed by atoms with Gasteiger partial charge in [0, 0.05) is 18.7 Å². The molecule has 0 unspecified atom stereocenters. The van der Waals surface area contributed by atoms with Crippen LogP contribution in [0.2, 0.25) is 0 Å². The SMILES string of the molecule is Cc1occc1-c1noc(CCCNc2ccccc2)n1. The Morgan fingerprint density at radius 3 is 2.76 bits per heavy atom. The van der Waals surface area contributed by atoms with Gasteiger partial charge in [0.25, 0.3) is 0 Å². The first-order valence-electron chi connectivity index (χ1n) is 6.99. The summed E-state index contributed by atoms with van der Waals surface area (Å²) in [5.41, 5.74) is 2.00. The fourth-order valence-electron chi connectivity index (χ4n) is 2.11. The van der Waals surface area contributed by atoms with Crippen molar-refractivity contribution < 1.29 is 8.94 Å². The van der Waals surface area contributed by atoms with E-state index in [1.54, 1.807) is 6.26 Å². The third-order valence-corrected chi connectivity index (χ3v) is 3.24. The lowest BCUT2D eigenvalue weighted by Gasteiger charge is -2.03. The number of anilines is 1. The minimum Gasteiger partial charge on any atom is -0.469 e. The second-order valence-electron chi connectivity index (χ2n) is 4.80. The Bertz CT molecular complexity index is 688. The molecule has 0 bridgehead atoms. The van der Waals surface area contributed by atoms with E-state index in [9.17, 15) is 0 Å². The van der Waals surface area contributed by atoms with E-state index in [4.69, 9.17) is 8.94 Å². The zero-order chi connectivity index (χ0) is 14.5. The molecule has 0 saturated carbocycles. The molecule has 0 aliphatic carbocycles. The smallest absolute Gasteiger partial charge is 0.227 e. The van der Waals surface area contributed by atoms with Crippen LogP contribution in [0.25, 0.3) is 11.4 Å². The number of nitrogens with zero attached hydrogens (tertiary/aromatic N) is 2. The molecule has 0 fully saturated rings. The normalized spacial score (nSPS) is 10.7. The highest BCUT2D eigenvalue weighted by Gasteiger charge is 2.12. The Morgan fingerprint density at radius 1 is 1.14 bits per heavy atom. The first-order chi connectivity index (χ1) is 10.3. The minimum absolute atomic E-state index is 0.590. The van der Waals surface area contributed by atoms with Crippen molar-refractivity contribution in [1.29, 1.82) is 0 Å². The van der Waals surface area contributed by atoms with Gasteiger partial charge in [0.1, 0.15) is 5.76 Å². The highest BCUT2D eigenvalue weighted by atomic mass is 16.5. The third-order valence-electron chi connectivity index (χ3n) is 3.24. The molecule has 0 amide bonds. The number of furan rings is 1. The van der Waals surface area contributed by atoms with Crippen molar-refractivity contribution in [2.75, 3.05) is 11.9 Å². The summed E-state index contributed by atoms with van der Waals surface area (Å²) in [6.45, 7) is 2.75. The standard InChI is InChI=1S/C16H17N3O2/c1-12-14(9-11-20-12)16-18-15(21-19-16)8-5-10-17-13-6-3-2-4-7-13/h2-4,6-7,9,11,17H,5,8,10H2,1H3. The molecular formula is C16H17N3O2. The summed E-state index contributed by atoms with van der Waals surface area (Å²) in [7, 11) is 0. The van der Waals surface area contributed by atoms with Crippen LogP contribution in [0.1, 0.15) is 18.1 Å². The second kappa shape index (κ2) is 6.26. The van der Waals surface area contributed by atoms with Crippen LogP contribution in [0.4, 0.5) is 5.69 Å². The topological polar surface area (TPSA) is 64.1 Å². The van der Waals surface area contributed by atoms with E-state index in [-0.39, 0.29) is 0 Å². The number of hydrogen-bond acceptors (Lipinski definition) is 5. The van der Waals surface area contributed by atoms with Gasteiger partial charge in [0.2, 0.25) is 11.7 Å². The first-order valence-corrected chi connectivity index (χ1v) is 6.99. The van der Waals surface area contributed by atoms with Crippen molar-refractivity contribution in [3.05, 3.63) is 54.3 Å². The lowest BCUT2D eigenvalue weighted by molar-refractivity contribution is 0.377. The van der Waals surface area contributed by atoms with E-state index in [2.05, 4.69) is 15.5 Å². The molecule has 0 aliphatic rings. The van der Waals surface area contributed by atoms with Crippen LogP contribution in [0.3, 0.4) is 0 Å². The van der Waals surface area contributed by atoms with Crippen molar-refractivity contribution in [2.45, 2.75) is 19.8 Å². The largest absolute Gasteiger partial charge is 0.469 e. The summed E-state index contributed by atoms with van der Waals surface area (Å²) in [5, 5.41) is 7.34. The maximum absolute atomic E-state index is 5.27. The molecule has 21 heavy (non-hydrogen) atoms. The lowest BCUT2D eigenvalue weighted by atomic mass is 10.2. The van der Waals surface area contributed by atoms with Gasteiger partial charge in [-0.05, 0) is 31.5 Å². The fourth-order valence-corrected chi connectivity index (χ4v) is 2.11. The molecule has 5 nitrogen and oxygen atoms in total. The van der Waals surface area contributed by atoms with Gasteiger partial charge in [-0.15, -0.1) is 0 Å². The van der Waals surface area contributed by atoms with E-state index in [1.165, 1.54) is 0 Å². The maximum atomic E-state index is 5.27. The minimum atomic E-state index is 0.590. The predicted molar refractivity (Wildman–Crippen MR) is 80.0 cm³/mol. The lowest BCUT2D eigenvalue weighted by Crippen LogP contribution is -2.02. The molecule has 1 aromatic carbocycles. The van der Waals surface area contributed by atoms with Crippen molar-refractivity contribution >= 4 is 5.69 Å². The molecule has 3 rings (SSSR count). The first kappa shape index (κ1) is 13.4. The molecule has 3 aromatic rings. The molecule has 0 radical (unpaired) electrons. The molecule has 108 valence electrons. The average Bonchev–Trinajstić information content (AvgIpc) is 3.13. The highest BCUT2D eigenvalue weighted by Crippen LogP contribution is 2.21. The highest BCUT2D eigenvalue weighted by molar-refractivity contribution is 5.56. The summed E-state index contributed by atoms with van der Waals surface area (Å²) >= 11 is 0. The number of para-hydroxylation sites is 1. The van der Waals surface area contributed by atoms with Crippen LogP contribution < -0.4 is 5.32 Å². The molecule has 2 heterocycles. The fraction of sp³-hybridized carbons (Fsp3) is 0.250. The maximum Gasteiger partial charge on any atom is 0.227 e. The van der Waals surface area contributed by atoms with Crippen LogP contribution in [0.15, 0.2) is 51.6 Å². The summed E-state index contributed by atoms with van der Waals surface area (Å²) in [6.07, 6.45) is 3.31. The Labute approximate surface area is 123 Å². The predicted octanol–water partition coefficient (Wildman–Crippen LogP) is 3.68. The number of benzene rings is 1. The summed E-state index contributed by atoms with van der Waals surface area (Å²) in [6, 6.07) is 12.0. The van der Waals surface area contributed by atoms with Crippen LogP contribution in [-0.2, 0) is 6.42 Å². The third kappa shape index (κ3) is 3.31. The molecule has 0 aliphatic heterocycles. The molecule has 2 aromatic heterocycles. The van der Waals surface area contributed by atoms with Crippen molar-refractivity contribution in [3.63, 3.8) is 0 Å². The van der Waals surface area contributed by atoms with Crippen molar-refractivity contribution in [3.8, 4) is 11.4 Å². The monoisotopic (exact) mass is 283 g/mol. The van der Waals surface area contributed by atoms with Crippen LogP contribution in [-0.4, -0.2) is 16.7 Å². The number of nitrogens with one attached hydrogen (secondary N) is 1. The number of rotatable bonds is 6. The molecule has 5 heteroatoms. The zero-order valence-electron chi connectivity index (χ0n) is 11.9. The van der Waals surface area contributed by atoms with Gasteiger partial charge in [0.15, 0.2) is 0 Å². The van der Waals surface area contributed by atoms with Gasteiger partial charge < -0.3 is 14.3 Å². The van der Waals surface area contributed by atoms with Gasteiger partial charge in [-0.25, -0.2) is 0 Å². The second-order valence-corrected chi connectivity index (χ2v) is 4.80. The molecular weight excluding hydrogens is 266 g/mol. The molecule has 1 N–H and O–H groups in total. The number of hydrogen-bond donors (Lipinski definition) is 1. The number of aromatic nitrogens is 2. The van der Waals surface area contributed by atoms with Crippen LogP contribution >= 0.6 is 0 Å². The van der Waals surface area contributed by atoms with E-state index in [0.29, 0.717) is 11.7 Å². The quantitative estimate of drug-likeness (QED) is 0.699. The van der Waals surface area contributed by atoms with Gasteiger partial charge >= 0.3 is 0 Å². The number of aryl methyl sites for hydroxylation is 2. The van der Waals surface area contributed by atoms with Crippen molar-refractivity contribution in [1.82, 2.24) is 10.1 Å². The summed E-state index contributed by atoms with van der Waals surface area (Å²) in [4.78, 5) is 4.39. The molecule has 0 saturated heterocycles. The van der Waals surface area contributed by atoms with E-state index < -0.39 is 0 Å². The Kier molecular flexibility index (Phi) is 4.00. The van der Waals surface area contributed by atoms with Gasteiger partial charge in [-0.1, -0.05) is 23.4 Å². The van der Waals surface area contributed by atoms with E-state index >= 15 is 0 Å². The van der Waals surface area contributed by atoms with Crippen LogP contribution in [0, 0.1) is 6.92 Å². The zero-order valence-corrected chi connectivity index (χ0v) is 11.9.